The highest BCUT2D eigenvalue weighted by Gasteiger charge is 2.11. The molecule has 1 rings (SSSR count). The molecular weight excluding hydrogens is 298 g/mol. The van der Waals surface area contributed by atoms with E-state index in [0.29, 0.717) is 18.0 Å². The molecule has 0 bridgehead atoms. The minimum absolute atomic E-state index is 0.116. The normalized spacial score (nSPS) is 12.3. The Hall–Kier alpha value is -0.780. The minimum Gasteiger partial charge on any atom is -0.493 e. The molecule has 0 saturated heterocycles. The lowest BCUT2D eigenvalue weighted by atomic mass is 10.1. The van der Waals surface area contributed by atoms with Gasteiger partial charge in [0.2, 0.25) is 0 Å². The van der Waals surface area contributed by atoms with Crippen molar-refractivity contribution in [2.45, 2.75) is 25.9 Å². The van der Waals surface area contributed by atoms with E-state index in [2.05, 4.69) is 21.2 Å². The Morgan fingerprint density at radius 2 is 1.89 bits per heavy atom. The van der Waals surface area contributed by atoms with Crippen LogP contribution in [0.1, 0.15) is 18.9 Å². The lowest BCUT2D eigenvalue weighted by molar-refractivity contribution is 0.238. The van der Waals surface area contributed by atoms with Crippen molar-refractivity contribution >= 4 is 15.9 Å². The first-order valence-electron chi connectivity index (χ1n) is 5.90. The molecule has 0 aliphatic heterocycles. The highest BCUT2D eigenvalue weighted by atomic mass is 79.9. The fourth-order valence-electron chi connectivity index (χ4n) is 1.62. The molecule has 18 heavy (non-hydrogen) atoms. The van der Waals surface area contributed by atoms with Gasteiger partial charge >= 0.3 is 0 Å². The van der Waals surface area contributed by atoms with E-state index >= 15 is 0 Å². The van der Waals surface area contributed by atoms with Crippen molar-refractivity contribution in [1.29, 1.82) is 0 Å². The molecule has 0 aliphatic rings. The van der Waals surface area contributed by atoms with Crippen molar-refractivity contribution in [3.63, 3.8) is 0 Å². The highest BCUT2D eigenvalue weighted by Crippen LogP contribution is 2.33. The predicted molar refractivity (Wildman–Crippen MR) is 75.3 cm³/mol. The number of ether oxygens (including phenoxy) is 2. The molecule has 4 nitrogen and oxygen atoms in total. The number of benzene rings is 1. The van der Waals surface area contributed by atoms with Crippen molar-refractivity contribution < 1.29 is 14.6 Å². The predicted octanol–water partition coefficient (Wildman–Crippen LogP) is 2.33. The molecule has 0 amide bonds. The van der Waals surface area contributed by atoms with E-state index in [-0.39, 0.29) is 12.6 Å². The molecule has 5 heteroatoms. The third-order valence-corrected chi connectivity index (χ3v) is 3.59. The van der Waals surface area contributed by atoms with Gasteiger partial charge in [0.1, 0.15) is 0 Å². The van der Waals surface area contributed by atoms with Crippen molar-refractivity contribution in [1.82, 2.24) is 5.32 Å². The van der Waals surface area contributed by atoms with E-state index in [1.807, 2.05) is 19.1 Å². The third kappa shape index (κ3) is 3.86. The van der Waals surface area contributed by atoms with E-state index in [0.717, 1.165) is 16.5 Å². The Morgan fingerprint density at radius 1 is 1.28 bits per heavy atom. The molecule has 0 aliphatic carbocycles. The van der Waals surface area contributed by atoms with Gasteiger partial charge < -0.3 is 19.9 Å². The number of rotatable bonds is 7. The number of methoxy groups -OCH3 is 2. The molecule has 0 spiro atoms. The summed E-state index contributed by atoms with van der Waals surface area (Å²) >= 11 is 3.51. The lowest BCUT2D eigenvalue weighted by Gasteiger charge is -2.16. The topological polar surface area (TPSA) is 50.7 Å². The summed E-state index contributed by atoms with van der Waals surface area (Å²) in [6.07, 6.45) is 0.890. The van der Waals surface area contributed by atoms with Gasteiger partial charge in [-0.2, -0.15) is 0 Å². The second-order valence-corrected chi connectivity index (χ2v) is 4.82. The number of hydrogen-bond donors (Lipinski definition) is 2. The van der Waals surface area contributed by atoms with Crippen LogP contribution in [-0.4, -0.2) is 32.0 Å². The van der Waals surface area contributed by atoms with Gasteiger partial charge in [-0.3, -0.25) is 0 Å². The Kier molecular flexibility index (Phi) is 6.46. The van der Waals surface area contributed by atoms with E-state index in [1.54, 1.807) is 14.2 Å². The fourth-order valence-corrected chi connectivity index (χ4v) is 2.09. The molecule has 0 saturated carbocycles. The molecule has 1 aromatic carbocycles. The first kappa shape index (κ1) is 15.3. The molecule has 0 radical (unpaired) electrons. The van der Waals surface area contributed by atoms with Crippen molar-refractivity contribution in [2.75, 3.05) is 20.8 Å². The summed E-state index contributed by atoms with van der Waals surface area (Å²) in [6, 6.07) is 3.93. The average Bonchev–Trinajstić information content (AvgIpc) is 2.40. The van der Waals surface area contributed by atoms with E-state index in [9.17, 15) is 0 Å². The van der Waals surface area contributed by atoms with Gasteiger partial charge in [0, 0.05) is 17.1 Å². The monoisotopic (exact) mass is 317 g/mol. The summed E-state index contributed by atoms with van der Waals surface area (Å²) in [5.41, 5.74) is 1.07. The number of aliphatic hydroxyl groups excluding tert-OH is 1. The lowest BCUT2D eigenvalue weighted by Crippen LogP contribution is -2.31. The number of aliphatic hydroxyl groups is 1. The minimum atomic E-state index is 0.116. The van der Waals surface area contributed by atoms with Gasteiger partial charge in [0.05, 0.1) is 20.8 Å². The molecule has 0 heterocycles. The zero-order chi connectivity index (χ0) is 13.5. The largest absolute Gasteiger partial charge is 0.493 e. The molecule has 1 aromatic rings. The van der Waals surface area contributed by atoms with Crippen LogP contribution in [0.3, 0.4) is 0 Å². The Labute approximate surface area is 116 Å². The SMILES string of the molecule is CCC(CO)NCc1cc(OC)c(OC)cc1Br. The Bertz CT molecular complexity index is 381. The van der Waals surface area contributed by atoms with Gasteiger partial charge in [-0.15, -0.1) is 0 Å². The molecule has 2 N–H and O–H groups in total. The van der Waals surface area contributed by atoms with Gasteiger partial charge in [-0.05, 0) is 24.1 Å². The van der Waals surface area contributed by atoms with Crippen molar-refractivity contribution in [3.8, 4) is 11.5 Å². The van der Waals surface area contributed by atoms with E-state index in [4.69, 9.17) is 14.6 Å². The maximum Gasteiger partial charge on any atom is 0.161 e. The van der Waals surface area contributed by atoms with Gasteiger partial charge in [-0.1, -0.05) is 22.9 Å². The second-order valence-electron chi connectivity index (χ2n) is 3.97. The number of nitrogens with one attached hydrogen (secondary N) is 1. The molecule has 102 valence electrons. The molecule has 0 aromatic heterocycles. The summed E-state index contributed by atoms with van der Waals surface area (Å²) in [5.74, 6) is 1.40. The van der Waals surface area contributed by atoms with Crippen LogP contribution in [0, 0.1) is 0 Å². The molecule has 1 unspecified atom stereocenters. The molecule has 1 atom stereocenters. The summed E-state index contributed by atoms with van der Waals surface area (Å²) < 4.78 is 11.5. The van der Waals surface area contributed by atoms with Crippen LogP contribution in [0.25, 0.3) is 0 Å². The van der Waals surface area contributed by atoms with Crippen LogP contribution >= 0.6 is 15.9 Å². The van der Waals surface area contributed by atoms with Crippen LogP contribution in [0.2, 0.25) is 0 Å². The Balaban J connectivity index is 2.82. The van der Waals surface area contributed by atoms with Gasteiger partial charge in [0.15, 0.2) is 11.5 Å². The van der Waals surface area contributed by atoms with Crippen LogP contribution in [0.4, 0.5) is 0 Å². The number of halogens is 1. The Morgan fingerprint density at radius 3 is 2.39 bits per heavy atom. The molecular formula is C13H20BrNO3. The molecule has 0 fully saturated rings. The summed E-state index contributed by atoms with van der Waals surface area (Å²) in [4.78, 5) is 0. The second kappa shape index (κ2) is 7.61. The summed E-state index contributed by atoms with van der Waals surface area (Å²) in [7, 11) is 3.23. The smallest absolute Gasteiger partial charge is 0.161 e. The van der Waals surface area contributed by atoms with Gasteiger partial charge in [0.25, 0.3) is 0 Å². The first-order chi connectivity index (χ1) is 8.65. The zero-order valence-corrected chi connectivity index (χ0v) is 12.6. The quantitative estimate of drug-likeness (QED) is 0.810. The number of hydrogen-bond acceptors (Lipinski definition) is 4. The zero-order valence-electron chi connectivity index (χ0n) is 11.0. The highest BCUT2D eigenvalue weighted by molar-refractivity contribution is 9.10. The van der Waals surface area contributed by atoms with E-state index in [1.165, 1.54) is 0 Å². The van der Waals surface area contributed by atoms with Gasteiger partial charge in [-0.25, -0.2) is 0 Å². The van der Waals surface area contributed by atoms with Crippen molar-refractivity contribution in [2.24, 2.45) is 0 Å². The van der Waals surface area contributed by atoms with Crippen molar-refractivity contribution in [3.05, 3.63) is 22.2 Å². The maximum absolute atomic E-state index is 9.14. The fraction of sp³-hybridized carbons (Fsp3) is 0.538. The maximum atomic E-state index is 9.14. The average molecular weight is 318 g/mol. The van der Waals surface area contributed by atoms with Crippen LogP contribution in [-0.2, 0) is 6.54 Å². The summed E-state index contributed by atoms with van der Waals surface area (Å²) in [5, 5.41) is 12.4. The van der Waals surface area contributed by atoms with Crippen LogP contribution in [0.5, 0.6) is 11.5 Å². The van der Waals surface area contributed by atoms with Crippen LogP contribution < -0.4 is 14.8 Å². The van der Waals surface area contributed by atoms with E-state index < -0.39 is 0 Å². The van der Waals surface area contributed by atoms with Crippen LogP contribution in [0.15, 0.2) is 16.6 Å². The first-order valence-corrected chi connectivity index (χ1v) is 6.70. The standard InChI is InChI=1S/C13H20BrNO3/c1-4-10(8-16)15-7-9-5-12(17-2)13(18-3)6-11(9)14/h5-6,10,15-16H,4,7-8H2,1-3H3. The third-order valence-electron chi connectivity index (χ3n) is 2.85. The summed E-state index contributed by atoms with van der Waals surface area (Å²) in [6.45, 7) is 2.85.